The second-order valence-corrected chi connectivity index (χ2v) is 7.98. The molecule has 5 nitrogen and oxygen atoms in total. The molecule has 1 heterocycles. The molecule has 166 valence electrons. The third kappa shape index (κ3) is 5.18. The van der Waals surface area contributed by atoms with Crippen molar-refractivity contribution in [1.82, 2.24) is 5.32 Å². The molecule has 0 spiro atoms. The average molecular weight is 432 g/mol. The predicted molar refractivity (Wildman–Crippen MR) is 125 cm³/mol. The van der Waals surface area contributed by atoms with Crippen molar-refractivity contribution in [1.29, 1.82) is 0 Å². The lowest BCUT2D eigenvalue weighted by Gasteiger charge is -2.32. The molecule has 0 amide bonds. The van der Waals surface area contributed by atoms with Crippen LogP contribution in [-0.2, 0) is 32.2 Å². The zero-order valence-electron chi connectivity index (χ0n) is 18.5. The lowest BCUT2D eigenvalue weighted by molar-refractivity contribution is -0.139. The summed E-state index contributed by atoms with van der Waals surface area (Å²) in [6.45, 7) is 3.48. The summed E-state index contributed by atoms with van der Waals surface area (Å²) in [5, 5.41) is 5.90. The average Bonchev–Trinajstić information content (AvgIpc) is 2.83. The summed E-state index contributed by atoms with van der Waals surface area (Å²) in [5.41, 5.74) is 3.70. The molecule has 1 N–H and O–H groups in total. The van der Waals surface area contributed by atoms with E-state index >= 15 is 0 Å². The number of ether oxygens (including phenoxy) is 3. The molecule has 0 aliphatic carbocycles. The van der Waals surface area contributed by atoms with E-state index in [0.717, 1.165) is 11.3 Å². The van der Waals surface area contributed by atoms with Gasteiger partial charge in [0, 0.05) is 18.7 Å². The standard InChI is InChI=1S/C27H29NO4/c1-19-26(27(29)30-2)25(15-23(32-19)18-31-17-20-9-4-3-5-10-20)28-16-22-13-8-12-21-11-6-7-14-24(21)22/h3-14,19,23,28H,15-18H2,1-2H3/t19-,23-/m0/s1. The van der Waals surface area contributed by atoms with Crippen LogP contribution >= 0.6 is 0 Å². The molecule has 3 aromatic rings. The maximum absolute atomic E-state index is 12.5. The van der Waals surface area contributed by atoms with E-state index in [-0.39, 0.29) is 18.2 Å². The first kappa shape index (κ1) is 22.1. The van der Waals surface area contributed by atoms with Gasteiger partial charge in [0.25, 0.3) is 0 Å². The number of benzene rings is 3. The second-order valence-electron chi connectivity index (χ2n) is 7.98. The predicted octanol–water partition coefficient (Wildman–Crippen LogP) is 4.75. The van der Waals surface area contributed by atoms with E-state index < -0.39 is 0 Å². The van der Waals surface area contributed by atoms with Crippen LogP contribution in [0.15, 0.2) is 84.1 Å². The van der Waals surface area contributed by atoms with Crippen molar-refractivity contribution in [3.05, 3.63) is 95.2 Å². The normalized spacial score (nSPS) is 18.6. The first-order valence-electron chi connectivity index (χ1n) is 10.9. The van der Waals surface area contributed by atoms with Gasteiger partial charge < -0.3 is 19.5 Å². The van der Waals surface area contributed by atoms with Crippen LogP contribution in [0.3, 0.4) is 0 Å². The Bertz CT molecular complexity index is 1090. The molecule has 32 heavy (non-hydrogen) atoms. The van der Waals surface area contributed by atoms with Gasteiger partial charge in [-0.15, -0.1) is 0 Å². The van der Waals surface area contributed by atoms with Gasteiger partial charge in [0.1, 0.15) is 0 Å². The molecule has 4 rings (SSSR count). The van der Waals surface area contributed by atoms with Crippen molar-refractivity contribution in [2.75, 3.05) is 13.7 Å². The fraction of sp³-hybridized carbons (Fsp3) is 0.296. The van der Waals surface area contributed by atoms with Gasteiger partial charge in [-0.25, -0.2) is 4.79 Å². The van der Waals surface area contributed by atoms with Gasteiger partial charge in [-0.2, -0.15) is 0 Å². The summed E-state index contributed by atoms with van der Waals surface area (Å²) in [6.07, 6.45) is 0.0441. The number of rotatable bonds is 8. The molecule has 1 aliphatic heterocycles. The summed E-state index contributed by atoms with van der Waals surface area (Å²) in [5.74, 6) is -0.360. The zero-order valence-corrected chi connectivity index (χ0v) is 18.5. The first-order valence-corrected chi connectivity index (χ1v) is 10.9. The van der Waals surface area contributed by atoms with E-state index in [1.807, 2.05) is 49.4 Å². The van der Waals surface area contributed by atoms with E-state index in [9.17, 15) is 4.79 Å². The molecule has 2 atom stereocenters. The van der Waals surface area contributed by atoms with E-state index in [0.29, 0.717) is 31.8 Å². The van der Waals surface area contributed by atoms with Gasteiger partial charge >= 0.3 is 5.97 Å². The van der Waals surface area contributed by atoms with Crippen LogP contribution in [0.2, 0.25) is 0 Å². The van der Waals surface area contributed by atoms with Crippen LogP contribution < -0.4 is 5.32 Å². The molecule has 1 aliphatic rings. The summed E-state index contributed by atoms with van der Waals surface area (Å²) < 4.78 is 17.0. The number of esters is 1. The Hall–Kier alpha value is -3.15. The molecular weight excluding hydrogens is 402 g/mol. The molecule has 0 aromatic heterocycles. The highest BCUT2D eigenvalue weighted by molar-refractivity contribution is 5.90. The Morgan fingerprint density at radius 2 is 1.78 bits per heavy atom. The maximum atomic E-state index is 12.5. The minimum atomic E-state index is -0.378. The number of hydrogen-bond donors (Lipinski definition) is 1. The third-order valence-corrected chi connectivity index (χ3v) is 5.75. The first-order chi connectivity index (χ1) is 15.7. The molecule has 0 saturated heterocycles. The zero-order chi connectivity index (χ0) is 22.3. The van der Waals surface area contributed by atoms with Crippen LogP contribution in [0, 0.1) is 0 Å². The monoisotopic (exact) mass is 431 g/mol. The Labute approximate surface area is 189 Å². The fourth-order valence-corrected chi connectivity index (χ4v) is 4.18. The quantitative estimate of drug-likeness (QED) is 0.522. The Morgan fingerprint density at radius 3 is 2.59 bits per heavy atom. The van der Waals surface area contributed by atoms with Gasteiger partial charge in [-0.05, 0) is 28.8 Å². The number of carbonyl (C=O) groups is 1. The fourth-order valence-electron chi connectivity index (χ4n) is 4.18. The van der Waals surface area contributed by atoms with Crippen molar-refractivity contribution in [3.63, 3.8) is 0 Å². The highest BCUT2D eigenvalue weighted by Crippen LogP contribution is 2.27. The van der Waals surface area contributed by atoms with Gasteiger partial charge in [0.15, 0.2) is 0 Å². The molecular formula is C27H29NO4. The van der Waals surface area contributed by atoms with Crippen LogP contribution in [-0.4, -0.2) is 31.9 Å². The molecule has 5 heteroatoms. The highest BCUT2D eigenvalue weighted by Gasteiger charge is 2.32. The smallest absolute Gasteiger partial charge is 0.338 e. The molecule has 0 saturated carbocycles. The summed E-state index contributed by atoms with van der Waals surface area (Å²) >= 11 is 0. The van der Waals surface area contributed by atoms with Gasteiger partial charge in [-0.1, -0.05) is 72.8 Å². The van der Waals surface area contributed by atoms with E-state index in [4.69, 9.17) is 14.2 Å². The highest BCUT2D eigenvalue weighted by atomic mass is 16.5. The van der Waals surface area contributed by atoms with Gasteiger partial charge in [0.05, 0.1) is 38.1 Å². The SMILES string of the molecule is COC(=O)C1=C(NCc2cccc3ccccc23)C[C@@H](COCc2ccccc2)O[C@H]1C. The lowest BCUT2D eigenvalue weighted by atomic mass is 9.99. The van der Waals surface area contributed by atoms with Gasteiger partial charge in [-0.3, -0.25) is 0 Å². The van der Waals surface area contributed by atoms with Crippen LogP contribution in [0.25, 0.3) is 10.8 Å². The minimum absolute atomic E-state index is 0.142. The third-order valence-electron chi connectivity index (χ3n) is 5.75. The number of hydrogen-bond acceptors (Lipinski definition) is 5. The minimum Gasteiger partial charge on any atom is -0.466 e. The van der Waals surface area contributed by atoms with Crippen molar-refractivity contribution in [2.45, 2.75) is 38.7 Å². The molecule has 0 fully saturated rings. The Kier molecular flexibility index (Phi) is 7.20. The Balaban J connectivity index is 1.47. The largest absolute Gasteiger partial charge is 0.466 e. The molecule has 0 radical (unpaired) electrons. The number of nitrogens with one attached hydrogen (secondary N) is 1. The lowest BCUT2D eigenvalue weighted by Crippen LogP contribution is -2.38. The van der Waals surface area contributed by atoms with Crippen molar-refractivity contribution in [3.8, 4) is 0 Å². The number of carbonyl (C=O) groups excluding carboxylic acids is 1. The number of methoxy groups -OCH3 is 1. The van der Waals surface area contributed by atoms with Crippen LogP contribution in [0.4, 0.5) is 0 Å². The van der Waals surface area contributed by atoms with Gasteiger partial charge in [0.2, 0.25) is 0 Å². The van der Waals surface area contributed by atoms with E-state index in [1.54, 1.807) is 0 Å². The number of fused-ring (bicyclic) bond motifs is 1. The van der Waals surface area contributed by atoms with Crippen LogP contribution in [0.1, 0.15) is 24.5 Å². The van der Waals surface area contributed by atoms with E-state index in [2.05, 4.69) is 35.6 Å². The van der Waals surface area contributed by atoms with Crippen LogP contribution in [0.5, 0.6) is 0 Å². The van der Waals surface area contributed by atoms with E-state index in [1.165, 1.54) is 23.4 Å². The summed E-state index contributed by atoms with van der Waals surface area (Å²) in [6, 6.07) is 24.6. The van der Waals surface area contributed by atoms with Crippen molar-refractivity contribution >= 4 is 16.7 Å². The molecule has 3 aromatic carbocycles. The topological polar surface area (TPSA) is 56.8 Å². The molecule has 0 unspecified atom stereocenters. The second kappa shape index (κ2) is 10.4. The maximum Gasteiger partial charge on any atom is 0.338 e. The Morgan fingerprint density at radius 1 is 1.03 bits per heavy atom. The summed E-state index contributed by atoms with van der Waals surface area (Å²) in [4.78, 5) is 12.5. The summed E-state index contributed by atoms with van der Waals surface area (Å²) in [7, 11) is 1.40. The van der Waals surface area contributed by atoms with Crippen molar-refractivity contribution < 1.29 is 19.0 Å². The van der Waals surface area contributed by atoms with Crippen molar-refractivity contribution in [2.24, 2.45) is 0 Å². The molecule has 0 bridgehead atoms.